The largest absolute Gasteiger partial charge is 0.478 e. The highest BCUT2D eigenvalue weighted by atomic mass is 16.3. The van der Waals surface area contributed by atoms with E-state index in [4.69, 9.17) is 10.4 Å². The highest BCUT2D eigenvalue weighted by Gasteiger charge is 1.94. The molecular formula is C5H6N4O. The number of nitriles is 1. The Morgan fingerprint density at radius 2 is 2.60 bits per heavy atom. The van der Waals surface area contributed by atoms with E-state index < -0.39 is 0 Å². The molecule has 0 aliphatic heterocycles. The summed E-state index contributed by atoms with van der Waals surface area (Å²) < 4.78 is 1.42. The summed E-state index contributed by atoms with van der Waals surface area (Å²) in [6.07, 6.45) is 1.76. The van der Waals surface area contributed by atoms with Crippen molar-refractivity contribution in [2.75, 3.05) is 0 Å². The van der Waals surface area contributed by atoms with Crippen molar-refractivity contribution in [3.8, 4) is 12.1 Å². The van der Waals surface area contributed by atoms with E-state index in [1.54, 1.807) is 0 Å². The van der Waals surface area contributed by atoms with Crippen molar-refractivity contribution in [1.29, 1.82) is 5.26 Å². The molecule has 1 N–H and O–H groups in total. The molecule has 0 aliphatic rings. The fraction of sp³-hybridized carbons (Fsp3) is 0.400. The normalized spacial score (nSPS) is 9.10. The number of nitrogens with zero attached hydrogens (tertiary/aromatic N) is 4. The lowest BCUT2D eigenvalue weighted by atomic mass is 10.5. The maximum absolute atomic E-state index is 8.63. The van der Waals surface area contributed by atoms with Crippen LogP contribution in [0.3, 0.4) is 0 Å². The zero-order valence-electron chi connectivity index (χ0n) is 5.23. The van der Waals surface area contributed by atoms with E-state index in [0.29, 0.717) is 13.0 Å². The zero-order chi connectivity index (χ0) is 7.40. The third kappa shape index (κ3) is 1.45. The molecule has 5 heteroatoms. The lowest BCUT2D eigenvalue weighted by molar-refractivity contribution is 0.423. The van der Waals surface area contributed by atoms with Crippen molar-refractivity contribution in [2.24, 2.45) is 0 Å². The molecule has 10 heavy (non-hydrogen) atoms. The molecule has 1 aromatic heterocycles. The summed E-state index contributed by atoms with van der Waals surface area (Å²) in [4.78, 5) is 3.47. The van der Waals surface area contributed by atoms with Gasteiger partial charge in [0, 0.05) is 0 Å². The summed E-state index contributed by atoms with van der Waals surface area (Å²) in [7, 11) is 0. The average molecular weight is 138 g/mol. The molecule has 1 heterocycles. The van der Waals surface area contributed by atoms with Crippen LogP contribution in [0.1, 0.15) is 6.42 Å². The number of aryl methyl sites for hydroxylation is 1. The average Bonchev–Trinajstić information content (AvgIpc) is 2.31. The van der Waals surface area contributed by atoms with E-state index in [0.717, 1.165) is 0 Å². The molecule has 0 spiro atoms. The third-order valence-corrected chi connectivity index (χ3v) is 0.977. The number of hydrogen-bond acceptors (Lipinski definition) is 4. The molecule has 5 nitrogen and oxygen atoms in total. The minimum atomic E-state index is -0.252. The van der Waals surface area contributed by atoms with Crippen LogP contribution >= 0.6 is 0 Å². The Hall–Kier alpha value is -1.57. The molecule has 0 radical (unpaired) electrons. The van der Waals surface area contributed by atoms with Gasteiger partial charge in [0.25, 0.3) is 0 Å². The van der Waals surface area contributed by atoms with Crippen molar-refractivity contribution in [1.82, 2.24) is 14.8 Å². The van der Waals surface area contributed by atoms with E-state index in [1.807, 2.05) is 6.07 Å². The molecule has 0 aliphatic carbocycles. The third-order valence-electron chi connectivity index (χ3n) is 0.977. The molecule has 0 saturated carbocycles. The monoisotopic (exact) mass is 138 g/mol. The van der Waals surface area contributed by atoms with Crippen molar-refractivity contribution in [2.45, 2.75) is 13.0 Å². The Morgan fingerprint density at radius 1 is 1.80 bits per heavy atom. The molecule has 1 aromatic rings. The molecule has 0 fully saturated rings. The Balaban J connectivity index is 2.52. The van der Waals surface area contributed by atoms with Crippen LogP contribution in [0, 0.1) is 11.3 Å². The summed E-state index contributed by atoms with van der Waals surface area (Å²) >= 11 is 0. The maximum atomic E-state index is 8.63. The molecule has 0 saturated heterocycles. The SMILES string of the molecule is N#CCCn1cnc(O)n1. The minimum absolute atomic E-state index is 0.252. The Bertz CT molecular complexity index is 248. The smallest absolute Gasteiger partial charge is 0.332 e. The van der Waals surface area contributed by atoms with Gasteiger partial charge in [-0.1, -0.05) is 0 Å². The summed E-state index contributed by atoms with van der Waals surface area (Å²) in [5.41, 5.74) is 0. The lowest BCUT2D eigenvalue weighted by Crippen LogP contribution is -1.96. The van der Waals surface area contributed by atoms with E-state index in [2.05, 4.69) is 10.1 Å². The Labute approximate surface area is 57.5 Å². The molecule has 0 amide bonds. The van der Waals surface area contributed by atoms with Gasteiger partial charge in [0.1, 0.15) is 6.33 Å². The van der Waals surface area contributed by atoms with Crippen LogP contribution in [0.2, 0.25) is 0 Å². The molecule has 0 aromatic carbocycles. The van der Waals surface area contributed by atoms with Gasteiger partial charge < -0.3 is 5.11 Å². The minimum Gasteiger partial charge on any atom is -0.478 e. The highest BCUT2D eigenvalue weighted by molar-refractivity contribution is 4.83. The fourth-order valence-electron chi connectivity index (χ4n) is 0.557. The van der Waals surface area contributed by atoms with Crippen LogP contribution in [0.25, 0.3) is 0 Å². The number of rotatable bonds is 2. The first-order chi connectivity index (χ1) is 4.83. The maximum Gasteiger partial charge on any atom is 0.332 e. The molecule has 1 rings (SSSR count). The first-order valence-corrected chi connectivity index (χ1v) is 2.78. The first-order valence-electron chi connectivity index (χ1n) is 2.78. The van der Waals surface area contributed by atoms with E-state index in [1.165, 1.54) is 11.0 Å². The van der Waals surface area contributed by atoms with E-state index in [-0.39, 0.29) is 6.01 Å². The summed E-state index contributed by atoms with van der Waals surface area (Å²) in [5, 5.41) is 20.3. The van der Waals surface area contributed by atoms with Gasteiger partial charge >= 0.3 is 6.01 Å². The Kier molecular flexibility index (Phi) is 1.85. The lowest BCUT2D eigenvalue weighted by Gasteiger charge is -1.89. The molecular weight excluding hydrogens is 132 g/mol. The van der Waals surface area contributed by atoms with Crippen LogP contribution in [-0.4, -0.2) is 19.9 Å². The molecule has 52 valence electrons. The molecule has 0 unspecified atom stereocenters. The second-order valence-electron chi connectivity index (χ2n) is 1.72. The van der Waals surface area contributed by atoms with Gasteiger partial charge in [-0.25, -0.2) is 4.68 Å². The number of aromatic hydroxyl groups is 1. The molecule has 0 atom stereocenters. The zero-order valence-corrected chi connectivity index (χ0v) is 5.23. The fourth-order valence-corrected chi connectivity index (χ4v) is 0.557. The van der Waals surface area contributed by atoms with Gasteiger partial charge in [-0.3, -0.25) is 0 Å². The summed E-state index contributed by atoms with van der Waals surface area (Å²) in [5.74, 6) is 0. The predicted octanol–water partition coefficient (Wildman–Crippen LogP) is -0.103. The van der Waals surface area contributed by atoms with Crippen LogP contribution in [0.15, 0.2) is 6.33 Å². The topological polar surface area (TPSA) is 74.7 Å². The number of hydrogen-bond donors (Lipinski definition) is 1. The summed E-state index contributed by atoms with van der Waals surface area (Å²) in [6.45, 7) is 0.476. The quantitative estimate of drug-likeness (QED) is 0.619. The van der Waals surface area contributed by atoms with Gasteiger partial charge in [0.05, 0.1) is 19.0 Å². The van der Waals surface area contributed by atoms with Gasteiger partial charge in [0.2, 0.25) is 0 Å². The van der Waals surface area contributed by atoms with Crippen LogP contribution in [0.5, 0.6) is 6.01 Å². The second kappa shape index (κ2) is 2.82. The van der Waals surface area contributed by atoms with Crippen LogP contribution in [-0.2, 0) is 6.54 Å². The van der Waals surface area contributed by atoms with Crippen LogP contribution in [0.4, 0.5) is 0 Å². The van der Waals surface area contributed by atoms with Crippen molar-refractivity contribution in [3.63, 3.8) is 0 Å². The summed E-state index contributed by atoms with van der Waals surface area (Å²) in [6, 6.07) is 1.70. The van der Waals surface area contributed by atoms with Crippen molar-refractivity contribution < 1.29 is 5.11 Å². The van der Waals surface area contributed by atoms with Crippen molar-refractivity contribution in [3.05, 3.63) is 6.33 Å². The van der Waals surface area contributed by atoms with Gasteiger partial charge in [-0.15, -0.1) is 5.10 Å². The van der Waals surface area contributed by atoms with Crippen LogP contribution < -0.4 is 0 Å². The van der Waals surface area contributed by atoms with Crippen molar-refractivity contribution >= 4 is 0 Å². The first kappa shape index (κ1) is 6.55. The Morgan fingerprint density at radius 3 is 3.10 bits per heavy atom. The van der Waals surface area contributed by atoms with Gasteiger partial charge in [0.15, 0.2) is 0 Å². The van der Waals surface area contributed by atoms with E-state index >= 15 is 0 Å². The number of aromatic nitrogens is 3. The standard InChI is InChI=1S/C5H6N4O/c6-2-1-3-9-4-7-5(10)8-9/h4H,1,3H2,(H,8,10). The molecule has 0 bridgehead atoms. The van der Waals surface area contributed by atoms with E-state index in [9.17, 15) is 0 Å². The van der Waals surface area contributed by atoms with Gasteiger partial charge in [-0.05, 0) is 0 Å². The second-order valence-corrected chi connectivity index (χ2v) is 1.72. The highest BCUT2D eigenvalue weighted by Crippen LogP contribution is 1.95. The predicted molar refractivity (Wildman–Crippen MR) is 31.9 cm³/mol. The van der Waals surface area contributed by atoms with Gasteiger partial charge in [-0.2, -0.15) is 10.2 Å².